The van der Waals surface area contributed by atoms with Crippen molar-refractivity contribution in [1.82, 2.24) is 9.88 Å². The van der Waals surface area contributed by atoms with E-state index in [0.717, 1.165) is 22.0 Å². The molecule has 0 aliphatic heterocycles. The number of ether oxygens (including phenoxy) is 2. The quantitative estimate of drug-likeness (QED) is 0.729. The van der Waals surface area contributed by atoms with E-state index in [4.69, 9.17) is 21.1 Å². The van der Waals surface area contributed by atoms with Gasteiger partial charge in [0.2, 0.25) is 0 Å². The molecule has 24 heavy (non-hydrogen) atoms. The molecule has 7 heteroatoms. The van der Waals surface area contributed by atoms with E-state index in [1.807, 2.05) is 18.2 Å². The molecule has 0 saturated carbocycles. The first kappa shape index (κ1) is 18.4. The zero-order valence-corrected chi connectivity index (χ0v) is 15.6. The molecule has 0 N–H and O–H groups in total. The van der Waals surface area contributed by atoms with Gasteiger partial charge in [-0.05, 0) is 12.1 Å². The molecule has 0 aliphatic carbocycles. The zero-order valence-electron chi connectivity index (χ0n) is 14.0. The van der Waals surface area contributed by atoms with Crippen molar-refractivity contribution in [2.24, 2.45) is 0 Å². The summed E-state index contributed by atoms with van der Waals surface area (Å²) < 4.78 is 10.6. The van der Waals surface area contributed by atoms with Gasteiger partial charge in [0.1, 0.15) is 17.2 Å². The number of aromatic nitrogens is 1. The fourth-order valence-corrected chi connectivity index (χ4v) is 3.29. The largest absolute Gasteiger partial charge is 0.497 e. The maximum atomic E-state index is 12.3. The van der Waals surface area contributed by atoms with Crippen LogP contribution in [0.15, 0.2) is 35.4 Å². The summed E-state index contributed by atoms with van der Waals surface area (Å²) >= 11 is 7.53. The Morgan fingerprint density at radius 3 is 2.62 bits per heavy atom. The van der Waals surface area contributed by atoms with Crippen LogP contribution in [0.25, 0.3) is 0 Å². The number of halogens is 1. The lowest BCUT2D eigenvalue weighted by Crippen LogP contribution is -2.23. The molecule has 0 aliphatic rings. The van der Waals surface area contributed by atoms with E-state index in [-0.39, 0.29) is 5.91 Å². The Bertz CT molecular complexity index is 738. The van der Waals surface area contributed by atoms with Crippen LogP contribution in [0.2, 0.25) is 5.02 Å². The molecule has 2 rings (SSSR count). The summed E-state index contributed by atoms with van der Waals surface area (Å²) in [6.07, 6.45) is 1.48. The van der Waals surface area contributed by atoms with Gasteiger partial charge in [0.25, 0.3) is 5.91 Å². The fourth-order valence-electron chi connectivity index (χ4n) is 2.03. The minimum Gasteiger partial charge on any atom is -0.497 e. The highest BCUT2D eigenvalue weighted by molar-refractivity contribution is 7.98. The van der Waals surface area contributed by atoms with Crippen LogP contribution in [0.4, 0.5) is 0 Å². The number of hydrogen-bond acceptors (Lipinski definition) is 5. The first-order chi connectivity index (χ1) is 11.5. The number of pyridine rings is 1. The molecule has 128 valence electrons. The summed E-state index contributed by atoms with van der Waals surface area (Å²) in [6.45, 7) is 0. The molecule has 0 atom stereocenters. The highest BCUT2D eigenvalue weighted by Crippen LogP contribution is 2.33. The number of carbonyl (C=O) groups excluding carboxylic acids is 1. The van der Waals surface area contributed by atoms with Gasteiger partial charge >= 0.3 is 0 Å². The molecule has 0 radical (unpaired) electrons. The lowest BCUT2D eigenvalue weighted by Gasteiger charge is -2.14. The highest BCUT2D eigenvalue weighted by atomic mass is 35.5. The van der Waals surface area contributed by atoms with Crippen LogP contribution in [0, 0.1) is 0 Å². The second-order valence-electron chi connectivity index (χ2n) is 5.17. The number of nitrogens with zero attached hydrogens (tertiary/aromatic N) is 2. The average molecular weight is 367 g/mol. The van der Waals surface area contributed by atoms with Crippen LogP contribution in [0.3, 0.4) is 0 Å². The van der Waals surface area contributed by atoms with E-state index in [1.165, 1.54) is 22.9 Å². The average Bonchev–Trinajstić information content (AvgIpc) is 2.59. The Morgan fingerprint density at radius 1 is 1.25 bits per heavy atom. The van der Waals surface area contributed by atoms with Crippen molar-refractivity contribution in [3.05, 3.63) is 46.7 Å². The summed E-state index contributed by atoms with van der Waals surface area (Å²) in [4.78, 5) is 18.7. The molecule has 1 aromatic heterocycles. The summed E-state index contributed by atoms with van der Waals surface area (Å²) in [5, 5.41) is 0.495. The third-order valence-corrected chi connectivity index (χ3v) is 4.59. The van der Waals surface area contributed by atoms with Crippen LogP contribution < -0.4 is 9.47 Å². The Labute approximate surface area is 150 Å². The Kier molecular flexibility index (Phi) is 6.34. The molecule has 0 fully saturated rings. The van der Waals surface area contributed by atoms with Gasteiger partial charge in [-0.3, -0.25) is 4.79 Å². The second-order valence-corrected chi connectivity index (χ2v) is 6.62. The number of benzene rings is 1. The maximum absolute atomic E-state index is 12.3. The summed E-state index contributed by atoms with van der Waals surface area (Å²) in [5.41, 5.74) is 1.38. The molecular weight excluding hydrogens is 348 g/mol. The molecule has 1 heterocycles. The number of rotatable bonds is 6. The number of thioether (sulfide) groups is 1. The van der Waals surface area contributed by atoms with Crippen molar-refractivity contribution >= 4 is 29.3 Å². The Balaban J connectivity index is 2.26. The van der Waals surface area contributed by atoms with Gasteiger partial charge in [-0.25, -0.2) is 4.98 Å². The normalized spacial score (nSPS) is 10.4. The first-order valence-corrected chi connectivity index (χ1v) is 8.53. The van der Waals surface area contributed by atoms with Crippen molar-refractivity contribution in [1.29, 1.82) is 0 Å². The van der Waals surface area contributed by atoms with E-state index in [0.29, 0.717) is 16.5 Å². The standard InChI is InChI=1S/C17H19ClN2O3S/c1-20(2)17(21)16-15(7-12(18)9-19-16)24-10-11-5-6-13(22-3)8-14(11)23-4/h5-9H,10H2,1-4H3. The van der Waals surface area contributed by atoms with Crippen LogP contribution in [-0.4, -0.2) is 44.1 Å². The minimum atomic E-state index is -0.157. The van der Waals surface area contributed by atoms with Crippen molar-refractivity contribution in [2.75, 3.05) is 28.3 Å². The lowest BCUT2D eigenvalue weighted by atomic mass is 10.2. The van der Waals surface area contributed by atoms with Gasteiger partial charge in [0.05, 0.1) is 19.2 Å². The summed E-state index contributed by atoms with van der Waals surface area (Å²) in [7, 11) is 6.62. The molecule has 1 aromatic carbocycles. The summed E-state index contributed by atoms with van der Waals surface area (Å²) in [5.74, 6) is 1.92. The fraction of sp³-hybridized carbons (Fsp3) is 0.294. The van der Waals surface area contributed by atoms with Gasteiger partial charge in [0, 0.05) is 42.6 Å². The molecule has 0 spiro atoms. The van der Waals surface area contributed by atoms with Crippen LogP contribution in [0.1, 0.15) is 16.1 Å². The van der Waals surface area contributed by atoms with Gasteiger partial charge in [-0.1, -0.05) is 17.7 Å². The van der Waals surface area contributed by atoms with E-state index >= 15 is 0 Å². The third-order valence-electron chi connectivity index (χ3n) is 3.31. The van der Waals surface area contributed by atoms with Crippen molar-refractivity contribution in [2.45, 2.75) is 10.6 Å². The predicted octanol–water partition coefficient (Wildman–Crippen LogP) is 3.75. The van der Waals surface area contributed by atoms with E-state index in [9.17, 15) is 4.79 Å². The maximum Gasteiger partial charge on any atom is 0.273 e. The predicted molar refractivity (Wildman–Crippen MR) is 96.4 cm³/mol. The van der Waals surface area contributed by atoms with E-state index in [1.54, 1.807) is 34.4 Å². The molecular formula is C17H19ClN2O3S. The smallest absolute Gasteiger partial charge is 0.273 e. The molecule has 0 saturated heterocycles. The van der Waals surface area contributed by atoms with Crippen LogP contribution >= 0.6 is 23.4 Å². The van der Waals surface area contributed by atoms with E-state index < -0.39 is 0 Å². The third kappa shape index (κ3) is 4.33. The molecule has 0 unspecified atom stereocenters. The number of hydrogen-bond donors (Lipinski definition) is 0. The van der Waals surface area contributed by atoms with Gasteiger partial charge in [-0.2, -0.15) is 0 Å². The number of methoxy groups -OCH3 is 2. The summed E-state index contributed by atoms with van der Waals surface area (Å²) in [6, 6.07) is 7.40. The van der Waals surface area contributed by atoms with Crippen LogP contribution in [-0.2, 0) is 5.75 Å². The number of amides is 1. The van der Waals surface area contributed by atoms with Gasteiger partial charge < -0.3 is 14.4 Å². The van der Waals surface area contributed by atoms with Crippen molar-refractivity contribution in [3.63, 3.8) is 0 Å². The van der Waals surface area contributed by atoms with Crippen LogP contribution in [0.5, 0.6) is 11.5 Å². The Hall–Kier alpha value is -1.92. The van der Waals surface area contributed by atoms with Crippen molar-refractivity contribution in [3.8, 4) is 11.5 Å². The highest BCUT2D eigenvalue weighted by Gasteiger charge is 2.17. The van der Waals surface area contributed by atoms with Crippen molar-refractivity contribution < 1.29 is 14.3 Å². The lowest BCUT2D eigenvalue weighted by molar-refractivity contribution is 0.0818. The van der Waals surface area contributed by atoms with E-state index in [2.05, 4.69) is 4.98 Å². The zero-order chi connectivity index (χ0) is 17.7. The topological polar surface area (TPSA) is 51.7 Å². The Morgan fingerprint density at radius 2 is 2.00 bits per heavy atom. The molecule has 0 bridgehead atoms. The minimum absolute atomic E-state index is 0.157. The molecule has 5 nitrogen and oxygen atoms in total. The van der Waals surface area contributed by atoms with Gasteiger partial charge in [0.15, 0.2) is 0 Å². The molecule has 2 aromatic rings. The second kappa shape index (κ2) is 8.26. The number of carbonyl (C=O) groups is 1. The molecule has 1 amide bonds. The SMILES string of the molecule is COc1ccc(CSc2cc(Cl)cnc2C(=O)N(C)C)c(OC)c1. The first-order valence-electron chi connectivity index (χ1n) is 7.17. The van der Waals surface area contributed by atoms with Gasteiger partial charge in [-0.15, -0.1) is 11.8 Å². The monoisotopic (exact) mass is 366 g/mol.